The van der Waals surface area contributed by atoms with Gasteiger partial charge in [0.25, 0.3) is 0 Å². The average molecular weight is 401 g/mol. The van der Waals surface area contributed by atoms with E-state index in [-0.39, 0.29) is 25.3 Å². The zero-order chi connectivity index (χ0) is 19.8. The molecule has 3 heterocycles. The molecule has 148 valence electrons. The van der Waals surface area contributed by atoms with Gasteiger partial charge >= 0.3 is 16.4 Å². The zero-order valence-electron chi connectivity index (χ0n) is 14.4. The second kappa shape index (κ2) is 7.25. The Morgan fingerprint density at radius 1 is 1.44 bits per heavy atom. The summed E-state index contributed by atoms with van der Waals surface area (Å²) in [5, 5.41) is 3.08. The smallest absolute Gasteiger partial charge is 0.347 e. The number of hydroxylamine groups is 2. The van der Waals surface area contributed by atoms with Crippen LogP contribution in [0.15, 0.2) is 18.7 Å². The molecule has 1 aromatic rings. The molecule has 3 amide bonds. The SMILES string of the molecule is C[C@@H](C(=O)CNC(=O)[C@@H]1CC[C@@H]2CN1C(=O)N2OS(=O)(=O)O)n1ccnc1. The van der Waals surface area contributed by atoms with Crippen molar-refractivity contribution in [1.29, 1.82) is 0 Å². The molecule has 12 nitrogen and oxygen atoms in total. The predicted octanol–water partition coefficient (Wildman–Crippen LogP) is -0.868. The van der Waals surface area contributed by atoms with E-state index in [0.717, 1.165) is 0 Å². The monoisotopic (exact) mass is 401 g/mol. The van der Waals surface area contributed by atoms with Crippen LogP contribution < -0.4 is 5.32 Å². The Morgan fingerprint density at radius 3 is 2.81 bits per heavy atom. The van der Waals surface area contributed by atoms with Crippen molar-refractivity contribution >= 4 is 28.1 Å². The number of amides is 3. The Labute approximate surface area is 155 Å². The largest absolute Gasteiger partial charge is 0.418 e. The first-order chi connectivity index (χ1) is 12.7. The maximum Gasteiger partial charge on any atom is 0.418 e. The first kappa shape index (κ1) is 19.3. The number of urea groups is 1. The third-order valence-corrected chi connectivity index (χ3v) is 5.02. The summed E-state index contributed by atoms with van der Waals surface area (Å²) in [6, 6.07) is -2.75. The maximum atomic E-state index is 12.4. The van der Waals surface area contributed by atoms with Gasteiger partial charge in [0.05, 0.1) is 25.0 Å². The molecule has 2 aliphatic heterocycles. The summed E-state index contributed by atoms with van der Waals surface area (Å²) in [7, 11) is -4.84. The van der Waals surface area contributed by atoms with Crippen molar-refractivity contribution in [2.75, 3.05) is 13.1 Å². The van der Waals surface area contributed by atoms with Crippen LogP contribution in [0.4, 0.5) is 4.79 Å². The molecular formula is C14H19N5O7S. The fraction of sp³-hybridized carbons (Fsp3) is 0.571. The molecule has 27 heavy (non-hydrogen) atoms. The fourth-order valence-corrected chi connectivity index (χ4v) is 3.60. The van der Waals surface area contributed by atoms with Gasteiger partial charge in [-0.3, -0.25) is 14.1 Å². The second-order valence-electron chi connectivity index (χ2n) is 6.38. The molecular weight excluding hydrogens is 382 g/mol. The molecule has 3 rings (SSSR count). The van der Waals surface area contributed by atoms with Crippen molar-refractivity contribution in [3.8, 4) is 0 Å². The summed E-state index contributed by atoms with van der Waals surface area (Å²) in [4.78, 5) is 41.9. The maximum absolute atomic E-state index is 12.4. The topological polar surface area (TPSA) is 151 Å². The van der Waals surface area contributed by atoms with E-state index in [1.165, 1.54) is 11.2 Å². The molecule has 2 bridgehead atoms. The van der Waals surface area contributed by atoms with Gasteiger partial charge in [0.15, 0.2) is 5.78 Å². The number of ketones is 1. The molecule has 0 aromatic carbocycles. The lowest BCUT2D eigenvalue weighted by Gasteiger charge is -2.29. The number of aromatic nitrogens is 2. The quantitative estimate of drug-likeness (QED) is 0.560. The normalized spacial score (nSPS) is 23.4. The standard InChI is InChI=1S/C14H19N5O7S/c1-9(17-5-4-15-8-17)12(20)6-16-13(21)11-3-2-10-7-18(11)14(22)19(10)26-27(23,24)25/h4-5,8-11H,2-3,6-7H2,1H3,(H,16,21)(H,23,24,25)/t9-,10+,11-/m0/s1. The van der Waals surface area contributed by atoms with E-state index >= 15 is 0 Å². The van der Waals surface area contributed by atoms with Crippen molar-refractivity contribution in [1.82, 2.24) is 24.8 Å². The summed E-state index contributed by atoms with van der Waals surface area (Å²) >= 11 is 0. The van der Waals surface area contributed by atoms with Crippen LogP contribution >= 0.6 is 0 Å². The van der Waals surface area contributed by atoms with Crippen molar-refractivity contribution < 1.29 is 31.6 Å². The van der Waals surface area contributed by atoms with E-state index < -0.39 is 40.5 Å². The van der Waals surface area contributed by atoms with Crippen molar-refractivity contribution in [2.45, 2.75) is 37.9 Å². The molecule has 0 spiro atoms. The van der Waals surface area contributed by atoms with E-state index in [4.69, 9.17) is 4.55 Å². The van der Waals surface area contributed by atoms with E-state index in [0.29, 0.717) is 11.5 Å². The predicted molar refractivity (Wildman–Crippen MR) is 88.3 cm³/mol. The Morgan fingerprint density at radius 2 is 2.19 bits per heavy atom. The Hall–Kier alpha value is -2.51. The van der Waals surface area contributed by atoms with Crippen LogP contribution in [-0.2, 0) is 24.3 Å². The number of nitrogens with zero attached hydrogens (tertiary/aromatic N) is 4. The molecule has 2 aliphatic rings. The van der Waals surface area contributed by atoms with Gasteiger partial charge in [0, 0.05) is 18.9 Å². The Bertz CT molecular complexity index is 840. The fourth-order valence-electron chi connectivity index (χ4n) is 3.21. The summed E-state index contributed by atoms with van der Waals surface area (Å²) < 4.78 is 36.4. The second-order valence-corrected chi connectivity index (χ2v) is 7.38. The van der Waals surface area contributed by atoms with Crippen LogP contribution in [0.5, 0.6) is 0 Å². The van der Waals surface area contributed by atoms with Crippen LogP contribution in [0.1, 0.15) is 25.8 Å². The van der Waals surface area contributed by atoms with Gasteiger partial charge in [0.1, 0.15) is 6.04 Å². The summed E-state index contributed by atoms with van der Waals surface area (Å²) in [6.45, 7) is 1.55. The highest BCUT2D eigenvalue weighted by Gasteiger charge is 2.49. The molecule has 2 saturated heterocycles. The molecule has 3 atom stereocenters. The van der Waals surface area contributed by atoms with Gasteiger partial charge in [-0.1, -0.05) is 0 Å². The number of fused-ring (bicyclic) bond motifs is 2. The van der Waals surface area contributed by atoms with E-state index in [2.05, 4.69) is 14.6 Å². The minimum absolute atomic E-state index is 0.0891. The minimum Gasteiger partial charge on any atom is -0.347 e. The third kappa shape index (κ3) is 4.09. The molecule has 0 unspecified atom stereocenters. The summed E-state index contributed by atoms with van der Waals surface area (Å²) in [6.07, 6.45) is 5.27. The molecule has 2 fully saturated rings. The highest BCUT2D eigenvalue weighted by Crippen LogP contribution is 2.30. The van der Waals surface area contributed by atoms with Crippen molar-refractivity contribution in [2.24, 2.45) is 0 Å². The lowest BCUT2D eigenvalue weighted by atomic mass is 10.0. The molecule has 13 heteroatoms. The number of carbonyl (C=O) groups is 3. The van der Waals surface area contributed by atoms with Gasteiger partial charge in [-0.2, -0.15) is 13.5 Å². The number of hydrogen-bond acceptors (Lipinski definition) is 7. The molecule has 0 aliphatic carbocycles. The minimum atomic E-state index is -4.84. The van der Waals surface area contributed by atoms with Crippen molar-refractivity contribution in [3.63, 3.8) is 0 Å². The first-order valence-corrected chi connectivity index (χ1v) is 9.58. The number of imidazole rings is 1. The highest BCUT2D eigenvalue weighted by atomic mass is 32.3. The zero-order valence-corrected chi connectivity index (χ0v) is 15.2. The molecule has 2 N–H and O–H groups in total. The van der Waals surface area contributed by atoms with Gasteiger partial charge in [-0.05, 0) is 19.8 Å². The molecule has 0 saturated carbocycles. The van der Waals surface area contributed by atoms with E-state index in [1.54, 1.807) is 23.9 Å². The highest BCUT2D eigenvalue weighted by molar-refractivity contribution is 7.80. The number of hydrogen-bond donors (Lipinski definition) is 2. The number of rotatable bonds is 7. The average Bonchev–Trinajstić information content (AvgIpc) is 3.22. The summed E-state index contributed by atoms with van der Waals surface area (Å²) in [5.74, 6) is -0.749. The first-order valence-electron chi connectivity index (χ1n) is 8.22. The third-order valence-electron chi connectivity index (χ3n) is 4.67. The van der Waals surface area contributed by atoms with Gasteiger partial charge in [-0.15, -0.1) is 4.28 Å². The van der Waals surface area contributed by atoms with Crippen LogP contribution in [0.25, 0.3) is 0 Å². The van der Waals surface area contributed by atoms with Gasteiger partial charge < -0.3 is 14.8 Å². The van der Waals surface area contributed by atoms with Crippen LogP contribution in [0, 0.1) is 0 Å². The van der Waals surface area contributed by atoms with Crippen LogP contribution in [-0.4, -0.2) is 75.4 Å². The van der Waals surface area contributed by atoms with Crippen molar-refractivity contribution in [3.05, 3.63) is 18.7 Å². The number of Topliss-reactive ketones (excluding diaryl/α,β-unsaturated/α-hetero) is 1. The van der Waals surface area contributed by atoms with E-state index in [9.17, 15) is 22.8 Å². The van der Waals surface area contributed by atoms with Gasteiger partial charge in [0.2, 0.25) is 5.91 Å². The van der Waals surface area contributed by atoms with Crippen LogP contribution in [0.3, 0.4) is 0 Å². The number of carbonyl (C=O) groups excluding carboxylic acids is 3. The van der Waals surface area contributed by atoms with E-state index in [1.807, 2.05) is 0 Å². The number of nitrogens with one attached hydrogen (secondary N) is 1. The lowest BCUT2D eigenvalue weighted by Crippen LogP contribution is -2.50. The molecule has 1 aromatic heterocycles. The lowest BCUT2D eigenvalue weighted by molar-refractivity contribution is -0.129. The van der Waals surface area contributed by atoms with Crippen LogP contribution in [0.2, 0.25) is 0 Å². The Balaban J connectivity index is 1.58. The summed E-state index contributed by atoms with van der Waals surface area (Å²) in [5.41, 5.74) is 0. The Kier molecular flexibility index (Phi) is 5.17. The van der Waals surface area contributed by atoms with Gasteiger partial charge in [-0.25, -0.2) is 9.78 Å². The molecule has 0 radical (unpaired) electrons. The number of piperidine rings is 1.